The molecule has 4 nitrogen and oxygen atoms in total. The van der Waals surface area contributed by atoms with Crippen LogP contribution in [0.25, 0.3) is 11.4 Å². The maximum absolute atomic E-state index is 5.41. The number of nitrogens with zero attached hydrogens (tertiary/aromatic N) is 3. The van der Waals surface area contributed by atoms with Crippen LogP contribution in [0.1, 0.15) is 26.3 Å². The van der Waals surface area contributed by atoms with Gasteiger partial charge >= 0.3 is 0 Å². The van der Waals surface area contributed by atoms with Crippen LogP contribution in [-0.2, 0) is 5.54 Å². The van der Waals surface area contributed by atoms with Gasteiger partial charge in [-0.1, -0.05) is 11.6 Å². The molecule has 0 fully saturated rings. The average molecular weight is 245 g/mol. The van der Waals surface area contributed by atoms with Gasteiger partial charge in [-0.2, -0.15) is 0 Å². The third kappa shape index (κ3) is 2.23. The van der Waals surface area contributed by atoms with Gasteiger partial charge < -0.3 is 9.30 Å². The number of methoxy groups -OCH3 is 1. The highest BCUT2D eigenvalue weighted by atomic mass is 16.5. The Morgan fingerprint density at radius 2 is 1.94 bits per heavy atom. The first-order valence-corrected chi connectivity index (χ1v) is 5.99. The third-order valence-electron chi connectivity index (χ3n) is 2.87. The van der Waals surface area contributed by atoms with Gasteiger partial charge in [0.25, 0.3) is 0 Å². The third-order valence-corrected chi connectivity index (χ3v) is 2.87. The van der Waals surface area contributed by atoms with E-state index in [1.54, 1.807) is 13.4 Å². The lowest BCUT2D eigenvalue weighted by Gasteiger charge is -2.23. The maximum atomic E-state index is 5.41. The van der Waals surface area contributed by atoms with E-state index >= 15 is 0 Å². The summed E-state index contributed by atoms with van der Waals surface area (Å²) in [6.45, 7) is 8.44. The zero-order chi connectivity index (χ0) is 13.3. The van der Waals surface area contributed by atoms with E-state index in [0.29, 0.717) is 0 Å². The molecule has 1 aromatic carbocycles. The van der Waals surface area contributed by atoms with Crippen LogP contribution < -0.4 is 4.74 Å². The van der Waals surface area contributed by atoms with Crippen molar-refractivity contribution < 1.29 is 4.74 Å². The zero-order valence-electron chi connectivity index (χ0n) is 11.6. The normalized spacial score (nSPS) is 11.6. The van der Waals surface area contributed by atoms with Gasteiger partial charge in [-0.25, -0.2) is 0 Å². The molecule has 1 aromatic heterocycles. The molecule has 18 heavy (non-hydrogen) atoms. The van der Waals surface area contributed by atoms with Crippen molar-refractivity contribution in [3.8, 4) is 17.1 Å². The molecule has 0 aliphatic rings. The first kappa shape index (κ1) is 12.6. The van der Waals surface area contributed by atoms with E-state index in [-0.39, 0.29) is 5.54 Å². The van der Waals surface area contributed by atoms with Crippen molar-refractivity contribution in [2.75, 3.05) is 7.11 Å². The topological polar surface area (TPSA) is 39.9 Å². The summed E-state index contributed by atoms with van der Waals surface area (Å²) >= 11 is 0. The molecule has 2 aromatic rings. The first-order chi connectivity index (χ1) is 8.43. The minimum atomic E-state index is -0.0619. The van der Waals surface area contributed by atoms with Crippen LogP contribution in [0.4, 0.5) is 0 Å². The molecule has 96 valence electrons. The van der Waals surface area contributed by atoms with Gasteiger partial charge in [-0.05, 0) is 39.8 Å². The molecule has 0 unspecified atom stereocenters. The van der Waals surface area contributed by atoms with Crippen molar-refractivity contribution in [1.82, 2.24) is 14.8 Å². The van der Waals surface area contributed by atoms with E-state index in [4.69, 9.17) is 4.74 Å². The smallest absolute Gasteiger partial charge is 0.168 e. The predicted octanol–water partition coefficient (Wildman–Crippen LogP) is 3.02. The quantitative estimate of drug-likeness (QED) is 0.816. The highest BCUT2D eigenvalue weighted by Gasteiger charge is 2.20. The van der Waals surface area contributed by atoms with Crippen LogP contribution in [0, 0.1) is 6.92 Å². The summed E-state index contributed by atoms with van der Waals surface area (Å²) in [6, 6.07) is 6.07. The summed E-state index contributed by atoms with van der Waals surface area (Å²) in [6.07, 6.45) is 1.76. The van der Waals surface area contributed by atoms with Gasteiger partial charge in [0, 0.05) is 5.54 Å². The molecule has 0 amide bonds. The van der Waals surface area contributed by atoms with Crippen molar-refractivity contribution in [3.05, 3.63) is 30.1 Å². The van der Waals surface area contributed by atoms with E-state index in [2.05, 4.69) is 48.5 Å². The molecule has 0 spiro atoms. The molecule has 0 aliphatic heterocycles. The molecule has 0 bridgehead atoms. The number of hydrogen-bond donors (Lipinski definition) is 0. The molecule has 0 atom stereocenters. The Morgan fingerprint density at radius 3 is 2.56 bits per heavy atom. The van der Waals surface area contributed by atoms with Gasteiger partial charge in [-0.15, -0.1) is 10.2 Å². The Bertz CT molecular complexity index is 552. The SMILES string of the molecule is COc1ccc(C)cc1-c1nncn1C(C)(C)C. The van der Waals surface area contributed by atoms with E-state index in [0.717, 1.165) is 17.1 Å². The number of hydrogen-bond acceptors (Lipinski definition) is 3. The maximum Gasteiger partial charge on any atom is 0.168 e. The molecule has 0 saturated carbocycles. The number of ether oxygens (including phenoxy) is 1. The van der Waals surface area contributed by atoms with Crippen LogP contribution in [-0.4, -0.2) is 21.9 Å². The van der Waals surface area contributed by atoms with Crippen molar-refractivity contribution in [1.29, 1.82) is 0 Å². The monoisotopic (exact) mass is 245 g/mol. The second kappa shape index (κ2) is 4.44. The van der Waals surface area contributed by atoms with E-state index in [9.17, 15) is 0 Å². The zero-order valence-corrected chi connectivity index (χ0v) is 11.6. The van der Waals surface area contributed by atoms with E-state index in [1.807, 2.05) is 12.1 Å². The standard InChI is InChI=1S/C14H19N3O/c1-10-6-7-12(18-5)11(8-10)13-16-15-9-17(13)14(2,3)4/h6-9H,1-5H3. The lowest BCUT2D eigenvalue weighted by atomic mass is 10.1. The van der Waals surface area contributed by atoms with Gasteiger partial charge in [0.05, 0.1) is 12.7 Å². The van der Waals surface area contributed by atoms with E-state index < -0.39 is 0 Å². The molecular formula is C14H19N3O. The minimum absolute atomic E-state index is 0.0619. The fraction of sp³-hybridized carbons (Fsp3) is 0.429. The fourth-order valence-corrected chi connectivity index (χ4v) is 1.91. The summed E-state index contributed by atoms with van der Waals surface area (Å²) in [5, 5.41) is 8.26. The highest BCUT2D eigenvalue weighted by molar-refractivity contribution is 5.65. The van der Waals surface area contributed by atoms with Crippen LogP contribution in [0.15, 0.2) is 24.5 Å². The average Bonchev–Trinajstić information content (AvgIpc) is 2.77. The predicted molar refractivity (Wildman–Crippen MR) is 71.7 cm³/mol. The van der Waals surface area contributed by atoms with Gasteiger partial charge in [0.2, 0.25) is 0 Å². The van der Waals surface area contributed by atoms with Crippen LogP contribution in [0.3, 0.4) is 0 Å². The highest BCUT2D eigenvalue weighted by Crippen LogP contribution is 2.31. The van der Waals surface area contributed by atoms with Crippen molar-refractivity contribution in [3.63, 3.8) is 0 Å². The summed E-state index contributed by atoms with van der Waals surface area (Å²) in [7, 11) is 1.67. The molecule has 1 heterocycles. The Labute approximate surface area is 108 Å². The van der Waals surface area contributed by atoms with Gasteiger partial charge in [0.1, 0.15) is 12.1 Å². The number of benzene rings is 1. The molecule has 0 aliphatic carbocycles. The lowest BCUT2D eigenvalue weighted by molar-refractivity contribution is 0.395. The Morgan fingerprint density at radius 1 is 1.22 bits per heavy atom. The van der Waals surface area contributed by atoms with Crippen molar-refractivity contribution >= 4 is 0 Å². The van der Waals surface area contributed by atoms with Gasteiger partial charge in [0.15, 0.2) is 5.82 Å². The van der Waals surface area contributed by atoms with Crippen molar-refractivity contribution in [2.45, 2.75) is 33.2 Å². The number of rotatable bonds is 2. The Hall–Kier alpha value is -1.84. The summed E-state index contributed by atoms with van der Waals surface area (Å²) in [5.74, 6) is 1.65. The summed E-state index contributed by atoms with van der Waals surface area (Å²) in [5.41, 5.74) is 2.09. The minimum Gasteiger partial charge on any atom is -0.496 e. The van der Waals surface area contributed by atoms with Gasteiger partial charge in [-0.3, -0.25) is 0 Å². The van der Waals surface area contributed by atoms with Crippen LogP contribution in [0.2, 0.25) is 0 Å². The van der Waals surface area contributed by atoms with Crippen molar-refractivity contribution in [2.24, 2.45) is 0 Å². The first-order valence-electron chi connectivity index (χ1n) is 5.99. The molecular weight excluding hydrogens is 226 g/mol. The largest absolute Gasteiger partial charge is 0.496 e. The fourth-order valence-electron chi connectivity index (χ4n) is 1.91. The molecule has 0 N–H and O–H groups in total. The van der Waals surface area contributed by atoms with Crippen LogP contribution >= 0.6 is 0 Å². The second-order valence-electron chi connectivity index (χ2n) is 5.40. The summed E-state index contributed by atoms with van der Waals surface area (Å²) < 4.78 is 7.47. The van der Waals surface area contributed by atoms with E-state index in [1.165, 1.54) is 5.56 Å². The molecule has 2 rings (SSSR count). The molecule has 0 saturated heterocycles. The van der Waals surface area contributed by atoms with Crippen LogP contribution in [0.5, 0.6) is 5.75 Å². The lowest BCUT2D eigenvalue weighted by Crippen LogP contribution is -2.22. The molecule has 4 heteroatoms. The number of aromatic nitrogens is 3. The summed E-state index contributed by atoms with van der Waals surface area (Å²) in [4.78, 5) is 0. The Kier molecular flexibility index (Phi) is 3.11. The molecule has 0 radical (unpaired) electrons. The number of aryl methyl sites for hydroxylation is 1. The second-order valence-corrected chi connectivity index (χ2v) is 5.40. The Balaban J connectivity index is 2.62.